The second-order valence-electron chi connectivity index (χ2n) is 5.19. The fraction of sp³-hybridized carbons (Fsp3) is 0.235. The number of primary amides is 1. The number of nitrogens with two attached hydrogens (primary N) is 1. The molecule has 3 nitrogen and oxygen atoms in total. The molecule has 0 saturated heterocycles. The molecule has 116 valence electrons. The van der Waals surface area contributed by atoms with Crippen molar-refractivity contribution in [3.63, 3.8) is 0 Å². The fourth-order valence-electron chi connectivity index (χ4n) is 2.32. The number of carbonyl (C=O) groups excluding carboxylic acids is 1. The van der Waals surface area contributed by atoms with Crippen LogP contribution in [0, 0.1) is 12.7 Å². The summed E-state index contributed by atoms with van der Waals surface area (Å²) in [6, 6.07) is 8.63. The molecule has 0 aromatic heterocycles. The minimum absolute atomic E-state index is 0.102. The van der Waals surface area contributed by atoms with Crippen molar-refractivity contribution >= 4 is 28.9 Å². The average molecular weight is 321 g/mol. The average Bonchev–Trinajstić information content (AvgIpc) is 2.43. The largest absolute Gasteiger partial charge is 0.369 e. The van der Waals surface area contributed by atoms with Crippen molar-refractivity contribution < 1.29 is 9.18 Å². The molecule has 1 amide bonds. The van der Waals surface area contributed by atoms with Crippen LogP contribution in [0.1, 0.15) is 23.6 Å². The number of hydrogen-bond donors (Lipinski definition) is 2. The molecular weight excluding hydrogens is 303 g/mol. The zero-order valence-electron chi connectivity index (χ0n) is 12.5. The van der Waals surface area contributed by atoms with E-state index in [1.54, 1.807) is 13.0 Å². The maximum Gasteiger partial charge on any atom is 0.221 e. The number of amides is 1. The second kappa shape index (κ2) is 6.79. The van der Waals surface area contributed by atoms with E-state index in [2.05, 4.69) is 5.32 Å². The third-order valence-electron chi connectivity index (χ3n) is 3.45. The molecule has 5 heteroatoms. The Morgan fingerprint density at radius 2 is 2.05 bits per heavy atom. The summed E-state index contributed by atoms with van der Waals surface area (Å²) in [5.41, 5.74) is 8.85. The molecule has 3 N–H and O–H groups in total. The molecule has 0 radical (unpaired) electrons. The normalized spacial score (nSPS) is 10.5. The number of carbonyl (C=O) groups is 1. The van der Waals surface area contributed by atoms with Crippen molar-refractivity contribution in [3.8, 4) is 0 Å². The van der Waals surface area contributed by atoms with Crippen LogP contribution in [0.2, 0.25) is 5.02 Å². The molecule has 0 aliphatic carbocycles. The molecule has 2 aromatic rings. The van der Waals surface area contributed by atoms with Crippen LogP contribution in [-0.4, -0.2) is 5.91 Å². The van der Waals surface area contributed by atoms with Crippen molar-refractivity contribution in [2.24, 2.45) is 5.73 Å². The van der Waals surface area contributed by atoms with E-state index >= 15 is 0 Å². The van der Waals surface area contributed by atoms with Crippen molar-refractivity contribution in [1.29, 1.82) is 0 Å². The van der Waals surface area contributed by atoms with Gasteiger partial charge >= 0.3 is 0 Å². The van der Waals surface area contributed by atoms with Gasteiger partial charge in [0.15, 0.2) is 0 Å². The molecule has 2 rings (SSSR count). The van der Waals surface area contributed by atoms with E-state index in [0.29, 0.717) is 22.0 Å². The summed E-state index contributed by atoms with van der Waals surface area (Å²) in [6.45, 7) is 3.80. The highest BCUT2D eigenvalue weighted by molar-refractivity contribution is 6.30. The number of anilines is 2. The Labute approximate surface area is 134 Å². The van der Waals surface area contributed by atoms with E-state index < -0.39 is 11.7 Å². The zero-order chi connectivity index (χ0) is 16.3. The second-order valence-corrected chi connectivity index (χ2v) is 5.63. The van der Waals surface area contributed by atoms with Crippen molar-refractivity contribution in [2.75, 3.05) is 5.32 Å². The molecule has 2 aromatic carbocycles. The van der Waals surface area contributed by atoms with E-state index in [1.165, 1.54) is 6.07 Å². The van der Waals surface area contributed by atoms with Gasteiger partial charge in [0.2, 0.25) is 5.91 Å². The summed E-state index contributed by atoms with van der Waals surface area (Å²) in [4.78, 5) is 11.3. The molecule has 0 fully saturated rings. The van der Waals surface area contributed by atoms with Crippen LogP contribution in [0.25, 0.3) is 0 Å². The quantitative estimate of drug-likeness (QED) is 0.870. The highest BCUT2D eigenvalue weighted by atomic mass is 35.5. The number of halogens is 2. The van der Waals surface area contributed by atoms with Crippen LogP contribution in [0.4, 0.5) is 15.8 Å². The minimum atomic E-state index is -0.436. The fourth-order valence-corrected chi connectivity index (χ4v) is 2.58. The van der Waals surface area contributed by atoms with Crippen molar-refractivity contribution in [2.45, 2.75) is 26.7 Å². The summed E-state index contributed by atoms with van der Waals surface area (Å²) < 4.78 is 14.1. The van der Waals surface area contributed by atoms with Crippen LogP contribution >= 0.6 is 11.6 Å². The van der Waals surface area contributed by atoms with Gasteiger partial charge in [0.05, 0.1) is 12.1 Å². The van der Waals surface area contributed by atoms with Crippen LogP contribution in [0.5, 0.6) is 0 Å². The summed E-state index contributed by atoms with van der Waals surface area (Å²) in [6.07, 6.45) is 0.949. The lowest BCUT2D eigenvalue weighted by atomic mass is 10.0. The van der Waals surface area contributed by atoms with Gasteiger partial charge in [-0.2, -0.15) is 0 Å². The smallest absolute Gasteiger partial charge is 0.221 e. The first-order valence-corrected chi connectivity index (χ1v) is 7.41. The molecule has 0 saturated carbocycles. The molecule has 0 spiro atoms. The predicted octanol–water partition coefficient (Wildman–Crippen LogP) is 4.12. The summed E-state index contributed by atoms with van der Waals surface area (Å²) in [5, 5.41) is 3.40. The predicted molar refractivity (Wildman–Crippen MR) is 88.1 cm³/mol. The topological polar surface area (TPSA) is 55.1 Å². The van der Waals surface area contributed by atoms with E-state index in [-0.39, 0.29) is 6.42 Å². The van der Waals surface area contributed by atoms with Gasteiger partial charge in [-0.25, -0.2) is 4.39 Å². The lowest BCUT2D eigenvalue weighted by molar-refractivity contribution is -0.117. The van der Waals surface area contributed by atoms with Crippen LogP contribution < -0.4 is 11.1 Å². The Morgan fingerprint density at radius 1 is 1.32 bits per heavy atom. The molecular formula is C17H18ClFN2O. The van der Waals surface area contributed by atoms with E-state index in [4.69, 9.17) is 17.3 Å². The number of aryl methyl sites for hydroxylation is 2. The molecule has 0 heterocycles. The number of nitrogens with one attached hydrogen (secondary N) is 1. The Bertz CT molecular complexity index is 693. The van der Waals surface area contributed by atoms with E-state index in [0.717, 1.165) is 17.5 Å². The first kappa shape index (κ1) is 16.3. The Hall–Kier alpha value is -2.07. The Balaban J connectivity index is 2.43. The Morgan fingerprint density at radius 3 is 2.64 bits per heavy atom. The van der Waals surface area contributed by atoms with E-state index in [9.17, 15) is 9.18 Å². The van der Waals surface area contributed by atoms with Gasteiger partial charge in [0, 0.05) is 10.7 Å². The number of hydrogen-bond acceptors (Lipinski definition) is 2. The minimum Gasteiger partial charge on any atom is -0.369 e. The molecule has 22 heavy (non-hydrogen) atoms. The highest BCUT2D eigenvalue weighted by Gasteiger charge is 2.12. The molecule has 0 aliphatic heterocycles. The summed E-state index contributed by atoms with van der Waals surface area (Å²) in [5.74, 6) is -0.862. The lowest BCUT2D eigenvalue weighted by Crippen LogP contribution is -2.15. The highest BCUT2D eigenvalue weighted by Crippen LogP contribution is 2.29. The van der Waals surface area contributed by atoms with Crippen LogP contribution in [0.3, 0.4) is 0 Å². The number of rotatable bonds is 5. The van der Waals surface area contributed by atoms with Crippen LogP contribution in [-0.2, 0) is 17.6 Å². The third-order valence-corrected chi connectivity index (χ3v) is 3.67. The van der Waals surface area contributed by atoms with Crippen LogP contribution in [0.15, 0.2) is 30.3 Å². The SMILES string of the molecule is CCc1ccc(Nc2c(C)cc(Cl)cc2F)c(CC(N)=O)c1. The first-order valence-electron chi connectivity index (χ1n) is 7.03. The van der Waals surface area contributed by atoms with Gasteiger partial charge in [0.25, 0.3) is 0 Å². The summed E-state index contributed by atoms with van der Waals surface area (Å²) in [7, 11) is 0. The molecule has 0 atom stereocenters. The van der Waals surface area contributed by atoms with Crippen molar-refractivity contribution in [1.82, 2.24) is 0 Å². The molecule has 0 unspecified atom stereocenters. The first-order chi connectivity index (χ1) is 10.4. The monoisotopic (exact) mass is 320 g/mol. The maximum atomic E-state index is 14.1. The maximum absolute atomic E-state index is 14.1. The zero-order valence-corrected chi connectivity index (χ0v) is 13.3. The van der Waals surface area contributed by atoms with Crippen molar-refractivity contribution in [3.05, 3.63) is 57.9 Å². The van der Waals surface area contributed by atoms with Gasteiger partial charge in [-0.1, -0.05) is 30.7 Å². The van der Waals surface area contributed by atoms with Gasteiger partial charge < -0.3 is 11.1 Å². The Kier molecular flexibility index (Phi) is 5.03. The van der Waals surface area contributed by atoms with Gasteiger partial charge in [-0.3, -0.25) is 4.79 Å². The third kappa shape index (κ3) is 3.77. The standard InChI is InChI=1S/C17H18ClFN2O/c1-3-11-4-5-15(12(7-11)8-16(20)22)21-17-10(2)6-13(18)9-14(17)19/h4-7,9,21H,3,8H2,1-2H3,(H2,20,22). The number of benzene rings is 2. The van der Waals surface area contributed by atoms with Gasteiger partial charge in [0.1, 0.15) is 5.82 Å². The van der Waals surface area contributed by atoms with E-state index in [1.807, 2.05) is 25.1 Å². The summed E-state index contributed by atoms with van der Waals surface area (Å²) >= 11 is 5.84. The molecule has 0 aliphatic rings. The molecule has 0 bridgehead atoms. The lowest BCUT2D eigenvalue weighted by Gasteiger charge is -2.15. The van der Waals surface area contributed by atoms with Gasteiger partial charge in [-0.05, 0) is 48.2 Å². The van der Waals surface area contributed by atoms with Gasteiger partial charge in [-0.15, -0.1) is 0 Å².